The van der Waals surface area contributed by atoms with Gasteiger partial charge in [0, 0.05) is 0 Å². The second kappa shape index (κ2) is 13.7. The molecular formula is C22H34F2O2. The SMILES string of the molecule is CCCCCCCCCCC(CCCC)OC(=O)c1ccc(F)c(F)c1. The predicted octanol–water partition coefficient (Wildman–Crippen LogP) is 7.21. The van der Waals surface area contributed by atoms with E-state index in [9.17, 15) is 13.6 Å². The second-order valence-corrected chi connectivity index (χ2v) is 7.06. The third kappa shape index (κ3) is 9.30. The lowest BCUT2D eigenvalue weighted by molar-refractivity contribution is 0.0249. The quantitative estimate of drug-likeness (QED) is 0.256. The van der Waals surface area contributed by atoms with E-state index >= 15 is 0 Å². The van der Waals surface area contributed by atoms with Crippen molar-refractivity contribution in [3.8, 4) is 0 Å². The predicted molar refractivity (Wildman–Crippen MR) is 102 cm³/mol. The van der Waals surface area contributed by atoms with E-state index < -0.39 is 17.6 Å². The van der Waals surface area contributed by atoms with Crippen LogP contribution in [0.3, 0.4) is 0 Å². The van der Waals surface area contributed by atoms with Gasteiger partial charge < -0.3 is 4.74 Å². The van der Waals surface area contributed by atoms with Gasteiger partial charge in [-0.2, -0.15) is 0 Å². The summed E-state index contributed by atoms with van der Waals surface area (Å²) in [6.45, 7) is 4.32. The number of carbonyl (C=O) groups excluding carboxylic acids is 1. The number of carbonyl (C=O) groups is 1. The Labute approximate surface area is 157 Å². The first kappa shape index (κ1) is 22.6. The second-order valence-electron chi connectivity index (χ2n) is 7.06. The van der Waals surface area contributed by atoms with Crippen LogP contribution in [0, 0.1) is 11.6 Å². The third-order valence-corrected chi connectivity index (χ3v) is 4.69. The Morgan fingerprint density at radius 3 is 2.04 bits per heavy atom. The van der Waals surface area contributed by atoms with Crippen LogP contribution in [0.4, 0.5) is 8.78 Å². The van der Waals surface area contributed by atoms with Gasteiger partial charge in [-0.3, -0.25) is 0 Å². The van der Waals surface area contributed by atoms with Crippen LogP contribution in [0.1, 0.15) is 101 Å². The normalized spacial score (nSPS) is 12.2. The first-order valence-corrected chi connectivity index (χ1v) is 10.2. The Morgan fingerprint density at radius 1 is 0.846 bits per heavy atom. The van der Waals surface area contributed by atoms with E-state index in [1.165, 1.54) is 44.6 Å². The number of benzene rings is 1. The van der Waals surface area contributed by atoms with Crippen LogP contribution in [0.25, 0.3) is 0 Å². The van der Waals surface area contributed by atoms with Crippen LogP contribution in [-0.4, -0.2) is 12.1 Å². The van der Waals surface area contributed by atoms with Gasteiger partial charge in [-0.1, -0.05) is 71.6 Å². The zero-order valence-electron chi connectivity index (χ0n) is 16.4. The van der Waals surface area contributed by atoms with E-state index in [-0.39, 0.29) is 11.7 Å². The zero-order chi connectivity index (χ0) is 19.2. The molecule has 2 nitrogen and oxygen atoms in total. The third-order valence-electron chi connectivity index (χ3n) is 4.69. The van der Waals surface area contributed by atoms with E-state index in [1.807, 2.05) is 0 Å². The molecule has 0 aliphatic rings. The van der Waals surface area contributed by atoms with Crippen molar-refractivity contribution >= 4 is 5.97 Å². The first-order valence-electron chi connectivity index (χ1n) is 10.2. The summed E-state index contributed by atoms with van der Waals surface area (Å²) in [4.78, 5) is 12.2. The monoisotopic (exact) mass is 368 g/mol. The van der Waals surface area contributed by atoms with Crippen molar-refractivity contribution in [2.75, 3.05) is 0 Å². The summed E-state index contributed by atoms with van der Waals surface area (Å²) in [6.07, 6.45) is 13.4. The summed E-state index contributed by atoms with van der Waals surface area (Å²) in [7, 11) is 0. The molecule has 1 aromatic carbocycles. The van der Waals surface area contributed by atoms with Gasteiger partial charge in [-0.15, -0.1) is 0 Å². The molecule has 4 heteroatoms. The molecule has 26 heavy (non-hydrogen) atoms. The van der Waals surface area contributed by atoms with Crippen LogP contribution in [0.2, 0.25) is 0 Å². The molecule has 1 aromatic rings. The molecule has 148 valence electrons. The first-order chi connectivity index (χ1) is 12.6. The summed E-state index contributed by atoms with van der Waals surface area (Å²) in [5, 5.41) is 0. The molecule has 0 radical (unpaired) electrons. The molecule has 0 saturated carbocycles. The van der Waals surface area contributed by atoms with Gasteiger partial charge in [0.05, 0.1) is 5.56 Å². The van der Waals surface area contributed by atoms with Crippen molar-refractivity contribution in [1.82, 2.24) is 0 Å². The lowest BCUT2D eigenvalue weighted by Crippen LogP contribution is -2.18. The Hall–Kier alpha value is -1.45. The van der Waals surface area contributed by atoms with Gasteiger partial charge in [-0.25, -0.2) is 13.6 Å². The number of rotatable bonds is 14. The number of hydrogen-bond donors (Lipinski definition) is 0. The van der Waals surface area contributed by atoms with Crippen molar-refractivity contribution in [1.29, 1.82) is 0 Å². The number of esters is 1. The van der Waals surface area contributed by atoms with Crippen LogP contribution in [0.15, 0.2) is 18.2 Å². The zero-order valence-corrected chi connectivity index (χ0v) is 16.4. The van der Waals surface area contributed by atoms with Crippen LogP contribution in [-0.2, 0) is 4.74 Å². The number of ether oxygens (including phenoxy) is 1. The summed E-state index contributed by atoms with van der Waals surface area (Å²) >= 11 is 0. The van der Waals surface area contributed by atoms with Crippen molar-refractivity contribution < 1.29 is 18.3 Å². The van der Waals surface area contributed by atoms with Crippen molar-refractivity contribution in [3.05, 3.63) is 35.4 Å². The summed E-state index contributed by atoms with van der Waals surface area (Å²) in [5.41, 5.74) is 0.0707. The van der Waals surface area contributed by atoms with E-state index in [0.29, 0.717) is 0 Å². The van der Waals surface area contributed by atoms with Gasteiger partial charge in [0.2, 0.25) is 0 Å². The molecule has 0 aliphatic carbocycles. The summed E-state index contributed by atoms with van der Waals surface area (Å²) in [5.74, 6) is -2.54. The molecule has 0 heterocycles. The Balaban J connectivity index is 2.37. The average molecular weight is 369 g/mol. The van der Waals surface area contributed by atoms with Crippen LogP contribution >= 0.6 is 0 Å². The fourth-order valence-electron chi connectivity index (χ4n) is 3.04. The van der Waals surface area contributed by atoms with Crippen molar-refractivity contribution in [3.63, 3.8) is 0 Å². The highest BCUT2D eigenvalue weighted by Gasteiger charge is 2.17. The Bertz CT molecular complexity index is 517. The van der Waals surface area contributed by atoms with Gasteiger partial charge in [0.1, 0.15) is 6.10 Å². The largest absolute Gasteiger partial charge is 0.459 e. The Morgan fingerprint density at radius 2 is 1.42 bits per heavy atom. The molecule has 0 fully saturated rings. The number of hydrogen-bond acceptors (Lipinski definition) is 2. The maximum Gasteiger partial charge on any atom is 0.338 e. The van der Waals surface area contributed by atoms with E-state index in [1.54, 1.807) is 0 Å². The van der Waals surface area contributed by atoms with Crippen molar-refractivity contribution in [2.45, 2.75) is 97.0 Å². The van der Waals surface area contributed by atoms with Crippen LogP contribution in [0.5, 0.6) is 0 Å². The molecule has 0 aliphatic heterocycles. The minimum Gasteiger partial charge on any atom is -0.459 e. The van der Waals surface area contributed by atoms with E-state index in [2.05, 4.69) is 13.8 Å². The average Bonchev–Trinajstić information content (AvgIpc) is 2.63. The molecule has 0 amide bonds. The molecule has 1 atom stereocenters. The number of halogens is 2. The molecule has 0 N–H and O–H groups in total. The van der Waals surface area contributed by atoms with Gasteiger partial charge in [0.25, 0.3) is 0 Å². The smallest absolute Gasteiger partial charge is 0.338 e. The molecule has 1 rings (SSSR count). The van der Waals surface area contributed by atoms with Crippen LogP contribution < -0.4 is 0 Å². The number of unbranched alkanes of at least 4 members (excludes halogenated alkanes) is 8. The van der Waals surface area contributed by atoms with Gasteiger partial charge in [0.15, 0.2) is 11.6 Å². The van der Waals surface area contributed by atoms with Gasteiger partial charge in [-0.05, 0) is 37.5 Å². The standard InChI is InChI=1S/C22H34F2O2/c1-3-5-7-8-9-10-11-12-14-19(13-6-4-2)26-22(25)18-15-16-20(23)21(24)17-18/h15-17,19H,3-14H2,1-2H3. The highest BCUT2D eigenvalue weighted by atomic mass is 19.2. The molecule has 1 unspecified atom stereocenters. The van der Waals surface area contributed by atoms with Crippen molar-refractivity contribution in [2.24, 2.45) is 0 Å². The minimum atomic E-state index is -1.02. The minimum absolute atomic E-state index is 0.0707. The maximum absolute atomic E-state index is 13.3. The molecular weight excluding hydrogens is 334 g/mol. The van der Waals surface area contributed by atoms with E-state index in [4.69, 9.17) is 4.74 Å². The lowest BCUT2D eigenvalue weighted by atomic mass is 10.0. The highest BCUT2D eigenvalue weighted by molar-refractivity contribution is 5.89. The fraction of sp³-hybridized carbons (Fsp3) is 0.682. The summed E-state index contributed by atoms with van der Waals surface area (Å²) < 4.78 is 31.9. The summed E-state index contributed by atoms with van der Waals surface area (Å²) in [6, 6.07) is 3.14. The maximum atomic E-state index is 13.3. The lowest BCUT2D eigenvalue weighted by Gasteiger charge is -2.18. The van der Waals surface area contributed by atoms with Gasteiger partial charge >= 0.3 is 5.97 Å². The molecule has 0 spiro atoms. The topological polar surface area (TPSA) is 26.3 Å². The molecule has 0 bridgehead atoms. The van der Waals surface area contributed by atoms with E-state index in [0.717, 1.165) is 50.7 Å². The molecule has 0 saturated heterocycles. The fourth-order valence-corrected chi connectivity index (χ4v) is 3.04. The molecule has 0 aromatic heterocycles. The Kier molecular flexibility index (Phi) is 11.9. The highest BCUT2D eigenvalue weighted by Crippen LogP contribution is 2.18.